The molecule has 0 unspecified atom stereocenters. The quantitative estimate of drug-likeness (QED) is 0.854. The molecule has 0 aliphatic carbocycles. The van der Waals surface area contributed by atoms with Crippen LogP contribution in [0.4, 0.5) is 5.69 Å². The van der Waals surface area contributed by atoms with Crippen molar-refractivity contribution < 1.29 is 13.5 Å². The van der Waals surface area contributed by atoms with E-state index in [1.165, 1.54) is 24.3 Å². The van der Waals surface area contributed by atoms with Gasteiger partial charge in [-0.25, -0.2) is 8.42 Å². The summed E-state index contributed by atoms with van der Waals surface area (Å²) in [6.07, 6.45) is 0. The minimum Gasteiger partial charge on any atom is -0.384 e. The monoisotopic (exact) mass is 321 g/mol. The SMILES string of the molecule is O=S(=O)(Nc1cccc(C#CCO)c1)c1ccc(Cl)cc1. The van der Waals surface area contributed by atoms with Crippen molar-refractivity contribution in [3.8, 4) is 11.8 Å². The molecule has 0 atom stereocenters. The summed E-state index contributed by atoms with van der Waals surface area (Å²) in [5.74, 6) is 5.22. The summed E-state index contributed by atoms with van der Waals surface area (Å²) in [6, 6.07) is 12.5. The molecule has 0 fully saturated rings. The summed E-state index contributed by atoms with van der Waals surface area (Å²) >= 11 is 5.74. The zero-order chi connectivity index (χ0) is 15.3. The normalized spacial score (nSPS) is 10.6. The zero-order valence-corrected chi connectivity index (χ0v) is 12.4. The number of sulfonamides is 1. The fraction of sp³-hybridized carbons (Fsp3) is 0.0667. The summed E-state index contributed by atoms with van der Waals surface area (Å²) in [5.41, 5.74) is 1.01. The maximum Gasteiger partial charge on any atom is 0.261 e. The predicted octanol–water partition coefficient (Wildman–Crippen LogP) is 2.48. The lowest BCUT2D eigenvalue weighted by Crippen LogP contribution is -2.12. The van der Waals surface area contributed by atoms with Gasteiger partial charge in [-0.2, -0.15) is 0 Å². The second kappa shape index (κ2) is 6.64. The number of nitrogens with one attached hydrogen (secondary N) is 1. The molecule has 0 saturated heterocycles. The summed E-state index contributed by atoms with van der Waals surface area (Å²) < 4.78 is 26.9. The lowest BCUT2D eigenvalue weighted by Gasteiger charge is -2.08. The molecule has 2 aromatic rings. The molecule has 2 rings (SSSR count). The Hall–Kier alpha value is -2.00. The van der Waals surface area contributed by atoms with Crippen LogP contribution < -0.4 is 4.72 Å². The van der Waals surface area contributed by atoms with Crippen molar-refractivity contribution in [3.05, 3.63) is 59.1 Å². The molecule has 0 aliphatic heterocycles. The van der Waals surface area contributed by atoms with Gasteiger partial charge in [0.25, 0.3) is 10.0 Å². The Bertz CT molecular complexity index is 790. The van der Waals surface area contributed by atoms with Crippen LogP contribution in [0.1, 0.15) is 5.56 Å². The molecular formula is C15H12ClNO3S. The van der Waals surface area contributed by atoms with Crippen LogP contribution in [0.3, 0.4) is 0 Å². The minimum atomic E-state index is -3.67. The molecule has 0 spiro atoms. The number of halogens is 1. The van der Waals surface area contributed by atoms with Gasteiger partial charge in [-0.15, -0.1) is 0 Å². The lowest BCUT2D eigenvalue weighted by molar-refractivity contribution is 0.350. The number of anilines is 1. The minimum absolute atomic E-state index is 0.124. The first-order valence-electron chi connectivity index (χ1n) is 5.99. The van der Waals surface area contributed by atoms with E-state index in [4.69, 9.17) is 16.7 Å². The molecule has 0 bridgehead atoms. The van der Waals surface area contributed by atoms with Crippen molar-refractivity contribution in [3.63, 3.8) is 0 Å². The Morgan fingerprint density at radius 1 is 1.14 bits per heavy atom. The number of hydrogen-bond acceptors (Lipinski definition) is 3. The maximum atomic E-state index is 12.2. The van der Waals surface area contributed by atoms with Crippen LogP contribution >= 0.6 is 11.6 Å². The molecule has 0 aliphatic rings. The van der Waals surface area contributed by atoms with Gasteiger partial charge in [-0.3, -0.25) is 4.72 Å². The molecule has 4 nitrogen and oxygen atoms in total. The molecule has 0 aromatic heterocycles. The highest BCUT2D eigenvalue weighted by Crippen LogP contribution is 2.18. The Labute approximate surface area is 128 Å². The van der Waals surface area contributed by atoms with Gasteiger partial charge in [-0.05, 0) is 42.5 Å². The van der Waals surface area contributed by atoms with E-state index in [0.29, 0.717) is 16.3 Å². The number of benzene rings is 2. The molecule has 0 saturated carbocycles. The van der Waals surface area contributed by atoms with Gasteiger partial charge in [-0.1, -0.05) is 29.5 Å². The molecule has 0 heterocycles. The first-order chi connectivity index (χ1) is 10.0. The number of aliphatic hydroxyl groups is 1. The van der Waals surface area contributed by atoms with Gasteiger partial charge >= 0.3 is 0 Å². The first kappa shape index (κ1) is 15.4. The van der Waals surface area contributed by atoms with Crippen molar-refractivity contribution >= 4 is 27.3 Å². The Balaban J connectivity index is 2.26. The molecular weight excluding hydrogens is 310 g/mol. The Kier molecular flexibility index (Phi) is 4.86. The highest BCUT2D eigenvalue weighted by molar-refractivity contribution is 7.92. The fourth-order valence-electron chi connectivity index (χ4n) is 1.63. The maximum absolute atomic E-state index is 12.2. The second-order valence-corrected chi connectivity index (χ2v) is 6.22. The third kappa shape index (κ3) is 4.23. The average molecular weight is 322 g/mol. The lowest BCUT2D eigenvalue weighted by atomic mass is 10.2. The largest absolute Gasteiger partial charge is 0.384 e. The molecule has 0 radical (unpaired) electrons. The van der Waals surface area contributed by atoms with Crippen molar-refractivity contribution in [2.24, 2.45) is 0 Å². The third-order valence-electron chi connectivity index (χ3n) is 2.55. The standard InChI is InChI=1S/C15H12ClNO3S/c16-13-6-8-15(9-7-13)21(19,20)17-14-5-1-3-12(11-14)4-2-10-18/h1,3,5-9,11,17-18H,10H2. The first-order valence-corrected chi connectivity index (χ1v) is 7.85. The van der Waals surface area contributed by atoms with Crippen LogP contribution in [0, 0.1) is 11.8 Å². The third-order valence-corrected chi connectivity index (χ3v) is 4.20. The molecule has 2 aromatic carbocycles. The number of hydrogen-bond donors (Lipinski definition) is 2. The van der Waals surface area contributed by atoms with Gasteiger partial charge in [0.1, 0.15) is 6.61 Å². The second-order valence-electron chi connectivity index (χ2n) is 4.10. The van der Waals surface area contributed by atoms with Crippen LogP contribution in [0.5, 0.6) is 0 Å². The van der Waals surface area contributed by atoms with Crippen LogP contribution in [-0.2, 0) is 10.0 Å². The highest BCUT2D eigenvalue weighted by atomic mass is 35.5. The van der Waals surface area contributed by atoms with E-state index in [9.17, 15) is 8.42 Å². The highest BCUT2D eigenvalue weighted by Gasteiger charge is 2.13. The van der Waals surface area contributed by atoms with E-state index in [-0.39, 0.29) is 11.5 Å². The fourth-order valence-corrected chi connectivity index (χ4v) is 2.81. The van der Waals surface area contributed by atoms with Crippen LogP contribution in [-0.4, -0.2) is 20.1 Å². The summed E-state index contributed by atoms with van der Waals surface area (Å²) in [4.78, 5) is 0.124. The van der Waals surface area contributed by atoms with Gasteiger partial charge in [0.05, 0.1) is 10.6 Å². The average Bonchev–Trinajstić information content (AvgIpc) is 2.45. The van der Waals surface area contributed by atoms with E-state index >= 15 is 0 Å². The van der Waals surface area contributed by atoms with E-state index in [1.54, 1.807) is 24.3 Å². The van der Waals surface area contributed by atoms with Crippen LogP contribution in [0.2, 0.25) is 5.02 Å². The van der Waals surface area contributed by atoms with Gasteiger partial charge in [0.2, 0.25) is 0 Å². The number of aliphatic hydroxyl groups excluding tert-OH is 1. The predicted molar refractivity (Wildman–Crippen MR) is 82.7 cm³/mol. The van der Waals surface area contributed by atoms with E-state index < -0.39 is 10.0 Å². The van der Waals surface area contributed by atoms with Gasteiger partial charge < -0.3 is 5.11 Å². The van der Waals surface area contributed by atoms with E-state index in [1.807, 2.05) is 0 Å². The van der Waals surface area contributed by atoms with Gasteiger partial charge in [0, 0.05) is 10.6 Å². The summed E-state index contributed by atoms with van der Waals surface area (Å²) in [6.45, 7) is -0.249. The van der Waals surface area contributed by atoms with Gasteiger partial charge in [0.15, 0.2) is 0 Å². The number of rotatable bonds is 3. The van der Waals surface area contributed by atoms with E-state index in [2.05, 4.69) is 16.6 Å². The van der Waals surface area contributed by atoms with Crippen LogP contribution in [0.15, 0.2) is 53.4 Å². The Morgan fingerprint density at radius 2 is 1.86 bits per heavy atom. The van der Waals surface area contributed by atoms with Crippen molar-refractivity contribution in [2.45, 2.75) is 4.90 Å². The summed E-state index contributed by atoms with van der Waals surface area (Å²) in [5, 5.41) is 9.13. The zero-order valence-electron chi connectivity index (χ0n) is 10.9. The van der Waals surface area contributed by atoms with Crippen molar-refractivity contribution in [1.29, 1.82) is 0 Å². The van der Waals surface area contributed by atoms with Crippen LogP contribution in [0.25, 0.3) is 0 Å². The van der Waals surface area contributed by atoms with Crippen molar-refractivity contribution in [1.82, 2.24) is 0 Å². The topological polar surface area (TPSA) is 66.4 Å². The molecule has 0 amide bonds. The summed E-state index contributed by atoms with van der Waals surface area (Å²) in [7, 11) is -3.67. The molecule has 6 heteroatoms. The van der Waals surface area contributed by atoms with Crippen molar-refractivity contribution in [2.75, 3.05) is 11.3 Å². The molecule has 2 N–H and O–H groups in total. The smallest absolute Gasteiger partial charge is 0.261 e. The molecule has 108 valence electrons. The Morgan fingerprint density at radius 3 is 2.52 bits per heavy atom. The molecule has 21 heavy (non-hydrogen) atoms. The van der Waals surface area contributed by atoms with E-state index in [0.717, 1.165) is 0 Å².